The highest BCUT2D eigenvalue weighted by atomic mass is 16.5. The fourth-order valence-corrected chi connectivity index (χ4v) is 2.55. The Morgan fingerprint density at radius 2 is 2.04 bits per heavy atom. The van der Waals surface area contributed by atoms with E-state index in [2.05, 4.69) is 10.4 Å². The molecule has 0 saturated carbocycles. The Bertz CT molecular complexity index is 927. The Hall–Kier alpha value is -3.09. The Kier molecular flexibility index (Phi) is 4.83. The number of benzene rings is 1. The predicted molar refractivity (Wildman–Crippen MR) is 93.6 cm³/mol. The van der Waals surface area contributed by atoms with Crippen LogP contribution in [0.5, 0.6) is 5.75 Å². The third-order valence-corrected chi connectivity index (χ3v) is 3.95. The molecule has 2 aromatic heterocycles. The smallest absolute Gasteiger partial charge is 0.291 e. The molecule has 25 heavy (non-hydrogen) atoms. The molecule has 0 bridgehead atoms. The van der Waals surface area contributed by atoms with Crippen molar-refractivity contribution >= 4 is 11.4 Å². The van der Waals surface area contributed by atoms with Crippen LogP contribution in [0.1, 0.15) is 25.5 Å². The molecule has 1 N–H and O–H groups in total. The number of rotatable bonds is 6. The van der Waals surface area contributed by atoms with Crippen molar-refractivity contribution < 1.29 is 9.53 Å². The summed E-state index contributed by atoms with van der Waals surface area (Å²) in [4.78, 5) is 24.8. The van der Waals surface area contributed by atoms with Crippen LogP contribution in [0.3, 0.4) is 0 Å². The van der Waals surface area contributed by atoms with E-state index in [-0.39, 0.29) is 11.5 Å². The number of amides is 1. The summed E-state index contributed by atoms with van der Waals surface area (Å²) in [7, 11) is 0. The van der Waals surface area contributed by atoms with E-state index >= 15 is 0 Å². The summed E-state index contributed by atoms with van der Waals surface area (Å²) in [5.41, 5.74) is 1.14. The molecule has 0 aliphatic heterocycles. The van der Waals surface area contributed by atoms with Gasteiger partial charge in [-0.05, 0) is 43.7 Å². The molecule has 3 aromatic rings. The normalized spacial score (nSPS) is 12.1. The number of carbonyl (C=O) groups excluding carboxylic acids is 1. The van der Waals surface area contributed by atoms with Crippen molar-refractivity contribution in [1.29, 1.82) is 0 Å². The number of nitrogens with zero attached hydrogens (tertiary/aromatic N) is 3. The molecule has 7 nitrogen and oxygen atoms in total. The molecule has 7 heteroatoms. The summed E-state index contributed by atoms with van der Waals surface area (Å²) in [6.45, 7) is 4.57. The lowest BCUT2D eigenvalue weighted by Gasteiger charge is -2.14. The van der Waals surface area contributed by atoms with Crippen LogP contribution in [0.25, 0.3) is 5.52 Å². The molecular weight excluding hydrogens is 320 g/mol. The summed E-state index contributed by atoms with van der Waals surface area (Å²) < 4.78 is 8.21. The van der Waals surface area contributed by atoms with Gasteiger partial charge >= 0.3 is 0 Å². The van der Waals surface area contributed by atoms with E-state index in [0.29, 0.717) is 18.7 Å². The molecule has 0 aliphatic carbocycles. The Balaban J connectivity index is 1.67. The third-order valence-electron chi connectivity index (χ3n) is 3.95. The maximum absolute atomic E-state index is 12.4. The summed E-state index contributed by atoms with van der Waals surface area (Å²) in [5, 5.41) is 6.91. The molecular formula is C18H20N4O3. The lowest BCUT2D eigenvalue weighted by molar-refractivity contribution is -0.124. The molecule has 0 unspecified atom stereocenters. The molecule has 0 saturated heterocycles. The van der Waals surface area contributed by atoms with Gasteiger partial charge < -0.3 is 14.5 Å². The zero-order valence-electron chi connectivity index (χ0n) is 14.2. The largest absolute Gasteiger partial charge is 0.494 e. The van der Waals surface area contributed by atoms with E-state index in [4.69, 9.17) is 4.74 Å². The van der Waals surface area contributed by atoms with E-state index in [1.165, 1.54) is 11.0 Å². The van der Waals surface area contributed by atoms with Crippen LogP contribution in [0, 0.1) is 0 Å². The highest BCUT2D eigenvalue weighted by molar-refractivity contribution is 5.79. The fourth-order valence-electron chi connectivity index (χ4n) is 2.55. The molecule has 0 aliphatic rings. The van der Waals surface area contributed by atoms with Gasteiger partial charge in [-0.3, -0.25) is 9.59 Å². The van der Waals surface area contributed by atoms with Crippen molar-refractivity contribution in [3.05, 3.63) is 64.8 Å². The second-order valence-corrected chi connectivity index (χ2v) is 5.65. The van der Waals surface area contributed by atoms with Gasteiger partial charge in [-0.15, -0.1) is 0 Å². The van der Waals surface area contributed by atoms with Gasteiger partial charge in [0.2, 0.25) is 5.91 Å². The van der Waals surface area contributed by atoms with Crippen molar-refractivity contribution in [2.24, 2.45) is 0 Å². The van der Waals surface area contributed by atoms with Gasteiger partial charge in [0, 0.05) is 12.7 Å². The summed E-state index contributed by atoms with van der Waals surface area (Å²) >= 11 is 0. The molecule has 1 atom stereocenters. The van der Waals surface area contributed by atoms with Crippen LogP contribution >= 0.6 is 0 Å². The predicted octanol–water partition coefficient (Wildman–Crippen LogP) is 1.77. The first-order valence-electron chi connectivity index (χ1n) is 8.14. The van der Waals surface area contributed by atoms with Gasteiger partial charge in [-0.25, -0.2) is 4.68 Å². The van der Waals surface area contributed by atoms with Crippen LogP contribution in [-0.4, -0.2) is 26.7 Å². The molecule has 1 amide bonds. The van der Waals surface area contributed by atoms with Crippen molar-refractivity contribution in [3.8, 4) is 5.75 Å². The van der Waals surface area contributed by atoms with Gasteiger partial charge in [0.25, 0.3) is 5.56 Å². The van der Waals surface area contributed by atoms with Gasteiger partial charge in [-0.2, -0.15) is 5.10 Å². The minimum absolute atomic E-state index is 0.264. The van der Waals surface area contributed by atoms with E-state index in [9.17, 15) is 9.59 Å². The average molecular weight is 340 g/mol. The van der Waals surface area contributed by atoms with Gasteiger partial charge in [0.1, 0.15) is 23.6 Å². The number of nitrogens with one attached hydrogen (secondary N) is 1. The van der Waals surface area contributed by atoms with Gasteiger partial charge in [0.15, 0.2) is 0 Å². The average Bonchev–Trinajstić information content (AvgIpc) is 3.10. The van der Waals surface area contributed by atoms with E-state index < -0.39 is 6.04 Å². The molecule has 0 spiro atoms. The Morgan fingerprint density at radius 1 is 1.28 bits per heavy atom. The summed E-state index contributed by atoms with van der Waals surface area (Å²) in [6.07, 6.45) is 3.26. The first kappa shape index (κ1) is 16.8. The Morgan fingerprint density at radius 3 is 2.76 bits per heavy atom. The van der Waals surface area contributed by atoms with Gasteiger partial charge in [-0.1, -0.05) is 12.1 Å². The zero-order valence-corrected chi connectivity index (χ0v) is 14.2. The Labute approximate surface area is 144 Å². The van der Waals surface area contributed by atoms with E-state index in [1.54, 1.807) is 29.7 Å². The number of carbonyl (C=O) groups is 1. The first-order valence-corrected chi connectivity index (χ1v) is 8.14. The molecule has 130 valence electrons. The van der Waals surface area contributed by atoms with Crippen molar-refractivity contribution in [1.82, 2.24) is 19.5 Å². The SMILES string of the molecule is CCOc1ccc(CNC(=O)[C@@H](C)n2ncn3cccc3c2=O)cc1. The van der Waals surface area contributed by atoms with Crippen LogP contribution < -0.4 is 15.6 Å². The zero-order chi connectivity index (χ0) is 17.8. The molecule has 3 rings (SSSR count). The third kappa shape index (κ3) is 3.55. The fraction of sp³-hybridized carbons (Fsp3) is 0.278. The van der Waals surface area contributed by atoms with Crippen LogP contribution in [0.15, 0.2) is 53.7 Å². The second kappa shape index (κ2) is 7.21. The van der Waals surface area contributed by atoms with Crippen LogP contribution in [0.2, 0.25) is 0 Å². The summed E-state index contributed by atoms with van der Waals surface area (Å²) in [6, 6.07) is 10.3. The standard InChI is InChI=1S/C18H20N4O3/c1-3-25-15-8-6-14(7-9-15)11-19-17(23)13(2)22-18(24)16-5-4-10-21(16)12-20-22/h4-10,12-13H,3,11H2,1-2H3,(H,19,23)/t13-/m1/s1. The maximum Gasteiger partial charge on any atom is 0.291 e. The van der Waals surface area contributed by atoms with Crippen molar-refractivity contribution in [2.45, 2.75) is 26.4 Å². The van der Waals surface area contributed by atoms with Gasteiger partial charge in [0.05, 0.1) is 6.61 Å². The highest BCUT2D eigenvalue weighted by Gasteiger charge is 2.18. The first-order chi connectivity index (χ1) is 12.1. The number of hydrogen-bond acceptors (Lipinski definition) is 4. The minimum Gasteiger partial charge on any atom is -0.494 e. The highest BCUT2D eigenvalue weighted by Crippen LogP contribution is 2.12. The second-order valence-electron chi connectivity index (χ2n) is 5.65. The maximum atomic E-state index is 12.4. The number of hydrogen-bond donors (Lipinski definition) is 1. The lowest BCUT2D eigenvalue weighted by Crippen LogP contribution is -2.37. The topological polar surface area (TPSA) is 77.6 Å². The molecule has 2 heterocycles. The lowest BCUT2D eigenvalue weighted by atomic mass is 10.2. The van der Waals surface area contributed by atoms with Crippen LogP contribution in [0.4, 0.5) is 0 Å². The molecule has 1 aromatic carbocycles. The van der Waals surface area contributed by atoms with E-state index in [1.807, 2.05) is 31.2 Å². The molecule has 0 radical (unpaired) electrons. The van der Waals surface area contributed by atoms with Crippen LogP contribution in [-0.2, 0) is 11.3 Å². The molecule has 0 fully saturated rings. The van der Waals surface area contributed by atoms with E-state index in [0.717, 1.165) is 11.3 Å². The number of ether oxygens (including phenoxy) is 1. The summed E-state index contributed by atoms with van der Waals surface area (Å²) in [5.74, 6) is 0.529. The van der Waals surface area contributed by atoms with Crippen molar-refractivity contribution in [2.75, 3.05) is 6.61 Å². The monoisotopic (exact) mass is 340 g/mol. The quantitative estimate of drug-likeness (QED) is 0.742. The minimum atomic E-state index is -0.699. The number of aromatic nitrogens is 3. The van der Waals surface area contributed by atoms with Crippen molar-refractivity contribution in [3.63, 3.8) is 0 Å². The number of fused-ring (bicyclic) bond motifs is 1.